The Balaban J connectivity index is 2.02. The average molecular weight is 466 g/mol. The van der Waals surface area contributed by atoms with Gasteiger partial charge in [0.05, 0.1) is 24.3 Å². The third-order valence-corrected chi connectivity index (χ3v) is 5.64. The molecule has 0 atom stereocenters. The number of rotatable bonds is 7. The van der Waals surface area contributed by atoms with Crippen molar-refractivity contribution in [2.24, 2.45) is 0 Å². The van der Waals surface area contributed by atoms with E-state index in [1.807, 2.05) is 60.0 Å². The number of halogens is 1. The molecule has 0 aliphatic rings. The maximum atomic E-state index is 13.0. The molecular weight excluding hydrogens is 442 g/mol. The summed E-state index contributed by atoms with van der Waals surface area (Å²) >= 11 is 6.11. The lowest BCUT2D eigenvalue weighted by Gasteiger charge is -2.13. The number of carbonyl (C=O) groups excluding carboxylic acids is 2. The Hall–Kier alpha value is -3.51. The van der Waals surface area contributed by atoms with Crippen LogP contribution in [0.1, 0.15) is 29.9 Å². The minimum Gasteiger partial charge on any atom is -0.481 e. The van der Waals surface area contributed by atoms with Gasteiger partial charge in [-0.1, -0.05) is 35.9 Å². The van der Waals surface area contributed by atoms with Gasteiger partial charge in [0.2, 0.25) is 0 Å². The lowest BCUT2D eigenvalue weighted by molar-refractivity contribution is -0.145. The Bertz CT molecular complexity index is 1340. The van der Waals surface area contributed by atoms with E-state index in [0.717, 1.165) is 27.7 Å². The van der Waals surface area contributed by atoms with Crippen molar-refractivity contribution in [1.29, 1.82) is 0 Å². The van der Waals surface area contributed by atoms with Crippen LogP contribution in [0.2, 0.25) is 5.02 Å². The van der Waals surface area contributed by atoms with Crippen LogP contribution in [0, 0.1) is 6.92 Å². The van der Waals surface area contributed by atoms with Crippen LogP contribution in [0.4, 0.5) is 0 Å². The Morgan fingerprint density at radius 3 is 2.24 bits per heavy atom. The molecule has 0 bridgehead atoms. The third kappa shape index (κ3) is 4.26. The normalized spacial score (nSPS) is 11.0. The summed E-state index contributed by atoms with van der Waals surface area (Å²) in [5.41, 5.74) is 2.90. The molecule has 0 radical (unpaired) electrons. The van der Waals surface area contributed by atoms with Gasteiger partial charge in [0.1, 0.15) is 5.75 Å². The molecule has 4 rings (SSSR count). The van der Waals surface area contributed by atoms with Crippen LogP contribution < -0.4 is 4.74 Å². The molecule has 0 unspecified atom stereocenters. The van der Waals surface area contributed by atoms with Crippen molar-refractivity contribution < 1.29 is 23.8 Å². The van der Waals surface area contributed by atoms with E-state index in [1.165, 1.54) is 0 Å². The van der Waals surface area contributed by atoms with Gasteiger partial charge < -0.3 is 18.8 Å². The fraction of sp³-hybridized carbons (Fsp3) is 0.231. The minimum atomic E-state index is -0.456. The van der Waals surface area contributed by atoms with Gasteiger partial charge in [0, 0.05) is 32.6 Å². The SMILES string of the molecule is CCOC(=O)COc1cc2c(C(=O)OCC)c(C)n(-c3ccc(Cl)cc3)c2c2ccccc12. The molecule has 4 aromatic rings. The Morgan fingerprint density at radius 2 is 1.58 bits per heavy atom. The highest BCUT2D eigenvalue weighted by Crippen LogP contribution is 2.39. The van der Waals surface area contributed by atoms with Crippen LogP contribution in [-0.2, 0) is 14.3 Å². The van der Waals surface area contributed by atoms with E-state index in [0.29, 0.717) is 21.7 Å². The highest BCUT2D eigenvalue weighted by atomic mass is 35.5. The van der Waals surface area contributed by atoms with Crippen LogP contribution in [0.15, 0.2) is 54.6 Å². The molecule has 33 heavy (non-hydrogen) atoms. The molecule has 0 saturated heterocycles. The highest BCUT2D eigenvalue weighted by Gasteiger charge is 2.25. The average Bonchev–Trinajstić information content (AvgIpc) is 3.10. The molecule has 0 spiro atoms. The largest absolute Gasteiger partial charge is 0.481 e. The summed E-state index contributed by atoms with van der Waals surface area (Å²) in [6, 6.07) is 16.9. The quantitative estimate of drug-likeness (QED) is 0.319. The zero-order valence-electron chi connectivity index (χ0n) is 18.7. The van der Waals surface area contributed by atoms with Crippen molar-refractivity contribution >= 4 is 45.2 Å². The maximum absolute atomic E-state index is 13.0. The second kappa shape index (κ2) is 9.55. The molecule has 1 aromatic heterocycles. The van der Waals surface area contributed by atoms with Gasteiger partial charge in [-0.05, 0) is 51.1 Å². The molecule has 6 nitrogen and oxygen atoms in total. The summed E-state index contributed by atoms with van der Waals surface area (Å²) in [5.74, 6) is -0.383. The molecule has 170 valence electrons. The Labute approximate surface area is 196 Å². The van der Waals surface area contributed by atoms with Crippen molar-refractivity contribution in [2.45, 2.75) is 20.8 Å². The molecule has 0 aliphatic carbocycles. The van der Waals surface area contributed by atoms with Gasteiger partial charge in [-0.25, -0.2) is 9.59 Å². The smallest absolute Gasteiger partial charge is 0.344 e. The summed E-state index contributed by atoms with van der Waals surface area (Å²) in [6.07, 6.45) is 0. The van der Waals surface area contributed by atoms with E-state index in [-0.39, 0.29) is 19.8 Å². The number of carbonyl (C=O) groups is 2. The van der Waals surface area contributed by atoms with Crippen molar-refractivity contribution in [1.82, 2.24) is 4.57 Å². The fourth-order valence-electron chi connectivity index (χ4n) is 4.07. The number of hydrogen-bond donors (Lipinski definition) is 0. The predicted molar refractivity (Wildman–Crippen MR) is 129 cm³/mol. The lowest BCUT2D eigenvalue weighted by Crippen LogP contribution is -2.14. The highest BCUT2D eigenvalue weighted by molar-refractivity contribution is 6.30. The Kier molecular flexibility index (Phi) is 6.56. The summed E-state index contributed by atoms with van der Waals surface area (Å²) in [5, 5.41) is 3.00. The van der Waals surface area contributed by atoms with Crippen molar-refractivity contribution in [3.8, 4) is 11.4 Å². The number of fused-ring (bicyclic) bond motifs is 3. The first kappa shape index (κ1) is 22.7. The third-order valence-electron chi connectivity index (χ3n) is 5.38. The van der Waals surface area contributed by atoms with Gasteiger partial charge in [0.25, 0.3) is 0 Å². The molecule has 0 amide bonds. The first-order valence-corrected chi connectivity index (χ1v) is 11.1. The van der Waals surface area contributed by atoms with Crippen LogP contribution in [0.5, 0.6) is 5.75 Å². The molecule has 0 fully saturated rings. The van der Waals surface area contributed by atoms with Crippen LogP contribution in [0.25, 0.3) is 27.4 Å². The molecule has 0 saturated carbocycles. The summed E-state index contributed by atoms with van der Waals surface area (Å²) in [4.78, 5) is 24.9. The minimum absolute atomic E-state index is 0.227. The van der Waals surface area contributed by atoms with Crippen LogP contribution in [-0.4, -0.2) is 36.3 Å². The maximum Gasteiger partial charge on any atom is 0.344 e. The number of esters is 2. The molecule has 3 aromatic carbocycles. The van der Waals surface area contributed by atoms with Crippen LogP contribution in [0.3, 0.4) is 0 Å². The van der Waals surface area contributed by atoms with E-state index in [4.69, 9.17) is 25.8 Å². The summed E-state index contributed by atoms with van der Waals surface area (Å²) < 4.78 is 18.3. The molecule has 1 heterocycles. The van der Waals surface area contributed by atoms with Gasteiger partial charge in [-0.3, -0.25) is 0 Å². The topological polar surface area (TPSA) is 66.8 Å². The zero-order chi connectivity index (χ0) is 23.5. The number of benzene rings is 3. The van der Waals surface area contributed by atoms with E-state index < -0.39 is 11.9 Å². The molecule has 0 N–H and O–H groups in total. The van der Waals surface area contributed by atoms with E-state index in [2.05, 4.69) is 0 Å². The first-order chi connectivity index (χ1) is 16.0. The zero-order valence-corrected chi connectivity index (χ0v) is 19.4. The van der Waals surface area contributed by atoms with Gasteiger partial charge >= 0.3 is 11.9 Å². The summed E-state index contributed by atoms with van der Waals surface area (Å²) in [6.45, 7) is 5.70. The molecule has 0 aliphatic heterocycles. The standard InChI is InChI=1S/C26H24ClNO5/c1-4-31-23(29)15-33-22-14-21-24(26(30)32-5-2)16(3)28(18-12-10-17(27)11-13-18)25(21)20-9-7-6-8-19(20)22/h6-14H,4-5,15H2,1-3H3. The first-order valence-electron chi connectivity index (χ1n) is 10.7. The Morgan fingerprint density at radius 1 is 0.909 bits per heavy atom. The lowest BCUT2D eigenvalue weighted by atomic mass is 10.0. The van der Waals surface area contributed by atoms with E-state index in [1.54, 1.807) is 19.9 Å². The van der Waals surface area contributed by atoms with Gasteiger partial charge in [-0.2, -0.15) is 0 Å². The van der Waals surface area contributed by atoms with Crippen molar-refractivity contribution in [2.75, 3.05) is 19.8 Å². The van der Waals surface area contributed by atoms with Gasteiger partial charge in [0.15, 0.2) is 6.61 Å². The number of nitrogens with zero attached hydrogens (tertiary/aromatic N) is 1. The number of aromatic nitrogens is 1. The van der Waals surface area contributed by atoms with Crippen molar-refractivity contribution in [3.05, 3.63) is 70.9 Å². The second-order valence-electron chi connectivity index (χ2n) is 7.40. The fourth-order valence-corrected chi connectivity index (χ4v) is 4.19. The van der Waals surface area contributed by atoms with Crippen LogP contribution >= 0.6 is 11.6 Å². The molecular formula is C26H24ClNO5. The van der Waals surface area contributed by atoms with E-state index >= 15 is 0 Å². The van der Waals surface area contributed by atoms with Crippen molar-refractivity contribution in [3.63, 3.8) is 0 Å². The second-order valence-corrected chi connectivity index (χ2v) is 7.84. The molecule has 7 heteroatoms. The summed E-state index contributed by atoms with van der Waals surface area (Å²) in [7, 11) is 0. The monoisotopic (exact) mass is 465 g/mol. The number of ether oxygens (including phenoxy) is 3. The van der Waals surface area contributed by atoms with E-state index in [9.17, 15) is 9.59 Å². The van der Waals surface area contributed by atoms with Gasteiger partial charge in [-0.15, -0.1) is 0 Å². The number of hydrogen-bond acceptors (Lipinski definition) is 5. The predicted octanol–water partition coefficient (Wildman–Crippen LogP) is 5.86.